The van der Waals surface area contributed by atoms with E-state index in [1.165, 1.54) is 0 Å². The quantitative estimate of drug-likeness (QED) is 0.625. The van der Waals surface area contributed by atoms with E-state index in [-0.39, 0.29) is 30.7 Å². The summed E-state index contributed by atoms with van der Waals surface area (Å²) in [5.74, 6) is -1.03. The maximum absolute atomic E-state index is 12.3. The van der Waals surface area contributed by atoms with E-state index >= 15 is 0 Å². The molecule has 0 bridgehead atoms. The number of nitrogens with one attached hydrogen (secondary N) is 1. The van der Waals surface area contributed by atoms with Crippen molar-refractivity contribution in [1.82, 2.24) is 25.2 Å². The second-order valence-electron chi connectivity index (χ2n) is 7.07. The molecule has 0 radical (unpaired) electrons. The summed E-state index contributed by atoms with van der Waals surface area (Å²) in [6, 6.07) is 6.71. The molecule has 1 aromatic carbocycles. The lowest BCUT2D eigenvalue weighted by atomic mass is 10.1. The summed E-state index contributed by atoms with van der Waals surface area (Å²) in [5.41, 5.74) is 0.140. The van der Waals surface area contributed by atoms with Gasteiger partial charge < -0.3 is 19.7 Å². The largest absolute Gasteiger partial charge is 0.456 e. The second-order valence-corrected chi connectivity index (χ2v) is 7.07. The Labute approximate surface area is 178 Å². The van der Waals surface area contributed by atoms with E-state index in [2.05, 4.69) is 15.6 Å². The predicted octanol–water partition coefficient (Wildman–Crippen LogP) is 0.462. The van der Waals surface area contributed by atoms with Crippen LogP contribution in [0.4, 0.5) is 4.79 Å². The van der Waals surface area contributed by atoms with Gasteiger partial charge in [0.1, 0.15) is 5.52 Å². The molecule has 1 saturated heterocycles. The van der Waals surface area contributed by atoms with Crippen LogP contribution in [0.2, 0.25) is 0 Å². The number of esters is 1. The van der Waals surface area contributed by atoms with Crippen molar-refractivity contribution in [1.29, 1.82) is 0 Å². The Balaban J connectivity index is 1.38. The number of ether oxygens (including phenoxy) is 2. The predicted molar refractivity (Wildman–Crippen MR) is 109 cm³/mol. The Kier molecular flexibility index (Phi) is 7.52. The van der Waals surface area contributed by atoms with Crippen LogP contribution in [-0.2, 0) is 25.6 Å². The third-order valence-electron chi connectivity index (χ3n) is 4.91. The highest BCUT2D eigenvalue weighted by atomic mass is 16.6. The monoisotopic (exact) mass is 431 g/mol. The van der Waals surface area contributed by atoms with Crippen LogP contribution in [0.15, 0.2) is 29.1 Å². The summed E-state index contributed by atoms with van der Waals surface area (Å²) < 4.78 is 11.0. The van der Waals surface area contributed by atoms with Gasteiger partial charge in [0, 0.05) is 19.1 Å². The first-order chi connectivity index (χ1) is 15.0. The molecule has 0 saturated carbocycles. The van der Waals surface area contributed by atoms with Gasteiger partial charge in [-0.3, -0.25) is 14.4 Å². The maximum atomic E-state index is 12.3. The lowest BCUT2D eigenvalue weighted by molar-refractivity contribution is -0.149. The molecule has 2 amide bonds. The lowest BCUT2D eigenvalue weighted by Crippen LogP contribution is -2.47. The topological polar surface area (TPSA) is 133 Å². The molecule has 0 spiro atoms. The fraction of sp³-hybridized carbons (Fsp3) is 0.500. The molecule has 2 aromatic rings. The summed E-state index contributed by atoms with van der Waals surface area (Å²) in [5, 5.41) is 11.0. The highest BCUT2D eigenvalue weighted by molar-refractivity contribution is 5.81. The van der Waals surface area contributed by atoms with Gasteiger partial charge >= 0.3 is 12.1 Å². The number of fused-ring (bicyclic) bond motifs is 1. The van der Waals surface area contributed by atoms with Crippen molar-refractivity contribution in [2.75, 3.05) is 26.3 Å². The molecule has 1 aliphatic rings. The smallest absolute Gasteiger partial charge is 0.409 e. The van der Waals surface area contributed by atoms with Gasteiger partial charge in [-0.1, -0.05) is 17.3 Å². The Morgan fingerprint density at radius 2 is 1.90 bits per heavy atom. The number of nitrogens with zero attached hydrogens (tertiary/aromatic N) is 4. The number of benzene rings is 1. The molecule has 166 valence electrons. The van der Waals surface area contributed by atoms with Crippen LogP contribution >= 0.6 is 0 Å². The maximum Gasteiger partial charge on any atom is 0.409 e. The van der Waals surface area contributed by atoms with Crippen LogP contribution in [-0.4, -0.2) is 70.2 Å². The van der Waals surface area contributed by atoms with Crippen LogP contribution in [0.3, 0.4) is 0 Å². The third-order valence-corrected chi connectivity index (χ3v) is 4.91. The number of amides is 2. The molecule has 3 rings (SSSR count). The number of hydrogen-bond acceptors (Lipinski definition) is 8. The summed E-state index contributed by atoms with van der Waals surface area (Å²) in [7, 11) is 0. The minimum absolute atomic E-state index is 0.00341. The van der Waals surface area contributed by atoms with Crippen LogP contribution in [0, 0.1) is 0 Å². The van der Waals surface area contributed by atoms with E-state index in [1.54, 1.807) is 36.1 Å². The molecular weight excluding hydrogens is 406 g/mol. The number of likely N-dealkylation sites (tertiary alicyclic amines) is 1. The van der Waals surface area contributed by atoms with Gasteiger partial charge in [0.2, 0.25) is 0 Å². The third kappa shape index (κ3) is 6.00. The van der Waals surface area contributed by atoms with Crippen LogP contribution in [0.25, 0.3) is 10.9 Å². The summed E-state index contributed by atoms with van der Waals surface area (Å²) in [6.07, 6.45) is 0.735. The Morgan fingerprint density at radius 1 is 1.16 bits per heavy atom. The molecular formula is C20H25N5O6. The first-order valence-electron chi connectivity index (χ1n) is 10.2. The number of aryl methyl sites for hydroxylation is 1. The highest BCUT2D eigenvalue weighted by Crippen LogP contribution is 2.11. The van der Waals surface area contributed by atoms with Gasteiger partial charge in [-0.25, -0.2) is 9.48 Å². The fourth-order valence-electron chi connectivity index (χ4n) is 3.28. The number of hydrogen-bond donors (Lipinski definition) is 1. The molecule has 0 atom stereocenters. The Hall–Kier alpha value is -3.50. The van der Waals surface area contributed by atoms with E-state index in [1.807, 2.05) is 0 Å². The average molecular weight is 431 g/mol. The first kappa shape index (κ1) is 22.2. The van der Waals surface area contributed by atoms with E-state index in [9.17, 15) is 19.2 Å². The molecule has 1 aliphatic heterocycles. The van der Waals surface area contributed by atoms with Crippen LogP contribution in [0.1, 0.15) is 26.2 Å². The van der Waals surface area contributed by atoms with Gasteiger partial charge in [-0.2, -0.15) is 0 Å². The minimum Gasteiger partial charge on any atom is -0.456 e. The van der Waals surface area contributed by atoms with Crippen molar-refractivity contribution in [3.05, 3.63) is 34.6 Å². The first-order valence-corrected chi connectivity index (χ1v) is 10.2. The molecule has 11 heteroatoms. The van der Waals surface area contributed by atoms with Crippen molar-refractivity contribution >= 4 is 28.9 Å². The second kappa shape index (κ2) is 10.5. The van der Waals surface area contributed by atoms with Crippen molar-refractivity contribution < 1.29 is 23.9 Å². The Morgan fingerprint density at radius 3 is 2.65 bits per heavy atom. The summed E-state index contributed by atoms with van der Waals surface area (Å²) >= 11 is 0. The van der Waals surface area contributed by atoms with Crippen molar-refractivity contribution in [2.45, 2.75) is 38.8 Å². The molecule has 11 nitrogen and oxygen atoms in total. The van der Waals surface area contributed by atoms with E-state index in [0.717, 1.165) is 4.68 Å². The van der Waals surface area contributed by atoms with Gasteiger partial charge in [0.15, 0.2) is 6.61 Å². The number of carbonyl (C=O) groups is 3. The SMILES string of the molecule is CCOC(=O)N1CCC(NC(=O)COC(=O)CCn2nnc3ccccc3c2=O)CC1. The van der Waals surface area contributed by atoms with Gasteiger partial charge in [0.05, 0.1) is 25.0 Å². The zero-order valence-electron chi connectivity index (χ0n) is 17.3. The van der Waals surface area contributed by atoms with Crippen LogP contribution in [0.5, 0.6) is 0 Å². The summed E-state index contributed by atoms with van der Waals surface area (Å²) in [6.45, 7) is 2.65. The molecule has 1 fully saturated rings. The average Bonchev–Trinajstić information content (AvgIpc) is 2.78. The van der Waals surface area contributed by atoms with E-state index in [0.29, 0.717) is 43.4 Å². The van der Waals surface area contributed by atoms with E-state index < -0.39 is 18.5 Å². The molecule has 0 aliphatic carbocycles. The molecule has 31 heavy (non-hydrogen) atoms. The molecule has 1 aromatic heterocycles. The standard InChI is InChI=1S/C20H25N5O6/c1-2-30-20(29)24-10-7-14(8-11-24)21-17(26)13-31-18(27)9-12-25-19(28)15-5-3-4-6-16(15)22-23-25/h3-6,14H,2,7-13H2,1H3,(H,21,26). The van der Waals surface area contributed by atoms with Gasteiger partial charge in [0.25, 0.3) is 11.5 Å². The zero-order chi connectivity index (χ0) is 22.2. The van der Waals surface area contributed by atoms with Crippen LogP contribution < -0.4 is 10.9 Å². The normalized spacial score (nSPS) is 14.3. The number of piperidine rings is 1. The van der Waals surface area contributed by atoms with Gasteiger partial charge in [-0.05, 0) is 31.9 Å². The lowest BCUT2D eigenvalue weighted by Gasteiger charge is -2.31. The van der Waals surface area contributed by atoms with Gasteiger partial charge in [-0.15, -0.1) is 5.10 Å². The Bertz CT molecular complexity index is 999. The van der Waals surface area contributed by atoms with Crippen molar-refractivity contribution in [3.8, 4) is 0 Å². The number of carbonyl (C=O) groups excluding carboxylic acids is 3. The number of rotatable bonds is 7. The number of aromatic nitrogens is 3. The molecule has 2 heterocycles. The minimum atomic E-state index is -0.617. The summed E-state index contributed by atoms with van der Waals surface area (Å²) in [4.78, 5) is 49.6. The van der Waals surface area contributed by atoms with E-state index in [4.69, 9.17) is 9.47 Å². The van der Waals surface area contributed by atoms with Crippen molar-refractivity contribution in [3.63, 3.8) is 0 Å². The molecule has 1 N–H and O–H groups in total. The molecule has 0 unspecified atom stereocenters. The van der Waals surface area contributed by atoms with Crippen molar-refractivity contribution in [2.24, 2.45) is 0 Å². The zero-order valence-corrected chi connectivity index (χ0v) is 17.3. The highest BCUT2D eigenvalue weighted by Gasteiger charge is 2.24. The fourth-order valence-corrected chi connectivity index (χ4v) is 3.28.